The summed E-state index contributed by atoms with van der Waals surface area (Å²) < 4.78 is 5.39. The first kappa shape index (κ1) is 9.81. The molecule has 1 aromatic carbocycles. The molecular weight excluding hydrogens is 198 g/mol. The summed E-state index contributed by atoms with van der Waals surface area (Å²) >= 11 is 6.02. The lowest BCUT2D eigenvalue weighted by atomic mass is 9.95. The molecule has 1 heterocycles. The number of hydrogen-bond acceptors (Lipinski definition) is 2. The molecule has 0 amide bonds. The van der Waals surface area contributed by atoms with E-state index in [1.807, 2.05) is 19.1 Å². The van der Waals surface area contributed by atoms with Crippen LogP contribution in [-0.2, 0) is 0 Å². The van der Waals surface area contributed by atoms with Crippen molar-refractivity contribution in [3.05, 3.63) is 28.3 Å². The zero-order valence-corrected chi connectivity index (χ0v) is 9.19. The Balaban J connectivity index is 2.44. The molecule has 76 valence electrons. The average Bonchev–Trinajstić information content (AvgIpc) is 1.99. The highest BCUT2D eigenvalue weighted by molar-refractivity contribution is 6.30. The Hall–Kier alpha value is -0.730. The standard InChI is InChI=1S/C11H14ClNO/c1-7-5-8(12)6-9(11(7)14-2)10-3-4-13-10/h5-6,10,13H,3-4H2,1-2H3/t10-/m1/s1. The number of ether oxygens (including phenoxy) is 1. The first-order chi connectivity index (χ1) is 6.72. The van der Waals surface area contributed by atoms with Crippen molar-refractivity contribution in [3.8, 4) is 5.75 Å². The monoisotopic (exact) mass is 211 g/mol. The minimum atomic E-state index is 0.419. The molecule has 2 nitrogen and oxygen atoms in total. The van der Waals surface area contributed by atoms with Crippen molar-refractivity contribution in [2.45, 2.75) is 19.4 Å². The summed E-state index contributed by atoms with van der Waals surface area (Å²) in [6, 6.07) is 4.34. The van der Waals surface area contributed by atoms with Crippen LogP contribution in [0.4, 0.5) is 0 Å². The largest absolute Gasteiger partial charge is 0.496 e. The molecular formula is C11H14ClNO. The lowest BCUT2D eigenvalue weighted by Crippen LogP contribution is -2.35. The van der Waals surface area contributed by atoms with Crippen molar-refractivity contribution in [1.82, 2.24) is 5.32 Å². The van der Waals surface area contributed by atoms with Crippen LogP contribution in [0.5, 0.6) is 5.75 Å². The Morgan fingerprint density at radius 3 is 2.71 bits per heavy atom. The van der Waals surface area contributed by atoms with Crippen molar-refractivity contribution in [2.24, 2.45) is 0 Å². The highest BCUT2D eigenvalue weighted by Gasteiger charge is 2.23. The lowest BCUT2D eigenvalue weighted by Gasteiger charge is -2.30. The topological polar surface area (TPSA) is 21.3 Å². The summed E-state index contributed by atoms with van der Waals surface area (Å²) in [5.41, 5.74) is 2.28. The summed E-state index contributed by atoms with van der Waals surface area (Å²) in [6.07, 6.45) is 1.16. The first-order valence-corrected chi connectivity index (χ1v) is 5.17. The normalized spacial score (nSPS) is 20.4. The fourth-order valence-corrected chi connectivity index (χ4v) is 2.13. The quantitative estimate of drug-likeness (QED) is 0.812. The van der Waals surface area contributed by atoms with Gasteiger partial charge in [0.1, 0.15) is 5.75 Å². The maximum Gasteiger partial charge on any atom is 0.126 e. The molecule has 0 spiro atoms. The van der Waals surface area contributed by atoms with E-state index in [4.69, 9.17) is 16.3 Å². The number of rotatable bonds is 2. The third-order valence-electron chi connectivity index (χ3n) is 2.67. The van der Waals surface area contributed by atoms with Crippen molar-refractivity contribution in [1.29, 1.82) is 0 Å². The van der Waals surface area contributed by atoms with Gasteiger partial charge in [0.05, 0.1) is 7.11 Å². The van der Waals surface area contributed by atoms with Crippen LogP contribution in [0.3, 0.4) is 0 Å². The van der Waals surface area contributed by atoms with Crippen molar-refractivity contribution in [2.75, 3.05) is 13.7 Å². The minimum absolute atomic E-state index is 0.419. The average molecular weight is 212 g/mol. The molecule has 3 heteroatoms. The second kappa shape index (κ2) is 3.79. The van der Waals surface area contributed by atoms with Gasteiger partial charge in [-0.05, 0) is 37.6 Å². The van der Waals surface area contributed by atoms with Crippen LogP contribution in [0, 0.1) is 6.92 Å². The van der Waals surface area contributed by atoms with Gasteiger partial charge in [-0.3, -0.25) is 0 Å². The molecule has 0 aromatic heterocycles. The van der Waals surface area contributed by atoms with Crippen LogP contribution >= 0.6 is 11.6 Å². The molecule has 1 aliphatic rings. The highest BCUT2D eigenvalue weighted by atomic mass is 35.5. The molecule has 0 unspecified atom stereocenters. The number of methoxy groups -OCH3 is 1. The predicted molar refractivity (Wildman–Crippen MR) is 58.1 cm³/mol. The van der Waals surface area contributed by atoms with Crippen LogP contribution < -0.4 is 10.1 Å². The second-order valence-corrected chi connectivity index (χ2v) is 4.08. The van der Waals surface area contributed by atoms with Gasteiger partial charge in [-0.1, -0.05) is 11.6 Å². The molecule has 1 atom stereocenters. The van der Waals surface area contributed by atoms with E-state index in [1.165, 1.54) is 5.56 Å². The number of hydrogen-bond donors (Lipinski definition) is 1. The van der Waals surface area contributed by atoms with Crippen molar-refractivity contribution < 1.29 is 4.74 Å². The van der Waals surface area contributed by atoms with Gasteiger partial charge in [0.2, 0.25) is 0 Å². The zero-order valence-electron chi connectivity index (χ0n) is 8.43. The Bertz CT molecular complexity index is 347. The van der Waals surface area contributed by atoms with E-state index in [2.05, 4.69) is 5.32 Å². The van der Waals surface area contributed by atoms with Crippen LogP contribution in [0.25, 0.3) is 0 Å². The summed E-state index contributed by atoms with van der Waals surface area (Å²) in [5.74, 6) is 0.964. The summed E-state index contributed by atoms with van der Waals surface area (Å²) in [4.78, 5) is 0. The van der Waals surface area contributed by atoms with Gasteiger partial charge in [0.15, 0.2) is 0 Å². The fraction of sp³-hybridized carbons (Fsp3) is 0.455. The Labute approximate surface area is 89.2 Å². The second-order valence-electron chi connectivity index (χ2n) is 3.64. The SMILES string of the molecule is COc1c(C)cc(Cl)cc1[C@H]1CCN1. The van der Waals surface area contributed by atoms with Gasteiger partial charge in [0.25, 0.3) is 0 Å². The van der Waals surface area contributed by atoms with Crippen molar-refractivity contribution in [3.63, 3.8) is 0 Å². The maximum absolute atomic E-state index is 6.02. The molecule has 2 rings (SSSR count). The zero-order chi connectivity index (χ0) is 10.1. The fourth-order valence-electron chi connectivity index (χ4n) is 1.85. The van der Waals surface area contributed by atoms with Gasteiger partial charge in [0, 0.05) is 16.6 Å². The molecule has 0 bridgehead atoms. The van der Waals surface area contributed by atoms with E-state index in [-0.39, 0.29) is 0 Å². The third-order valence-corrected chi connectivity index (χ3v) is 2.89. The lowest BCUT2D eigenvalue weighted by molar-refractivity contribution is 0.352. The van der Waals surface area contributed by atoms with Gasteiger partial charge in [-0.2, -0.15) is 0 Å². The smallest absolute Gasteiger partial charge is 0.126 e. The van der Waals surface area contributed by atoms with Crippen molar-refractivity contribution >= 4 is 11.6 Å². The molecule has 0 aliphatic carbocycles. The van der Waals surface area contributed by atoms with E-state index in [0.29, 0.717) is 6.04 Å². The molecule has 0 radical (unpaired) electrons. The highest BCUT2D eigenvalue weighted by Crippen LogP contribution is 2.35. The van der Waals surface area contributed by atoms with E-state index in [9.17, 15) is 0 Å². The third kappa shape index (κ3) is 1.60. The van der Waals surface area contributed by atoms with E-state index < -0.39 is 0 Å². The van der Waals surface area contributed by atoms with Gasteiger partial charge >= 0.3 is 0 Å². The first-order valence-electron chi connectivity index (χ1n) is 4.80. The summed E-state index contributed by atoms with van der Waals surface area (Å²) in [7, 11) is 1.71. The van der Waals surface area contributed by atoms with Crippen LogP contribution in [0.1, 0.15) is 23.6 Å². The van der Waals surface area contributed by atoms with E-state index in [1.54, 1.807) is 7.11 Å². The molecule has 14 heavy (non-hydrogen) atoms. The number of aryl methyl sites for hydroxylation is 1. The van der Waals surface area contributed by atoms with Crippen LogP contribution in [0.15, 0.2) is 12.1 Å². The molecule has 0 saturated carbocycles. The molecule has 1 N–H and O–H groups in total. The van der Waals surface area contributed by atoms with Crippen LogP contribution in [-0.4, -0.2) is 13.7 Å². The molecule has 1 fully saturated rings. The molecule has 1 aromatic rings. The van der Waals surface area contributed by atoms with Crippen LogP contribution in [0.2, 0.25) is 5.02 Å². The van der Waals surface area contributed by atoms with Gasteiger partial charge < -0.3 is 10.1 Å². The van der Waals surface area contributed by atoms with Gasteiger partial charge in [-0.15, -0.1) is 0 Å². The van der Waals surface area contributed by atoms with E-state index >= 15 is 0 Å². The van der Waals surface area contributed by atoms with Gasteiger partial charge in [-0.25, -0.2) is 0 Å². The summed E-state index contributed by atoms with van der Waals surface area (Å²) in [5, 5.41) is 4.14. The summed E-state index contributed by atoms with van der Waals surface area (Å²) in [6.45, 7) is 3.10. The number of halogens is 1. The Morgan fingerprint density at radius 1 is 1.50 bits per heavy atom. The maximum atomic E-state index is 6.02. The Kier molecular flexibility index (Phi) is 2.66. The number of nitrogens with one attached hydrogen (secondary N) is 1. The predicted octanol–water partition coefficient (Wildman–Crippen LogP) is 2.69. The van der Waals surface area contributed by atoms with E-state index in [0.717, 1.165) is 29.3 Å². The molecule has 1 saturated heterocycles. The molecule has 1 aliphatic heterocycles. The minimum Gasteiger partial charge on any atom is -0.496 e. The Morgan fingerprint density at radius 2 is 2.21 bits per heavy atom. The number of benzene rings is 1.